The molecule has 0 aliphatic heterocycles. The summed E-state index contributed by atoms with van der Waals surface area (Å²) in [7, 11) is 1.83. The Morgan fingerprint density at radius 1 is 1.56 bits per heavy atom. The van der Waals surface area contributed by atoms with Gasteiger partial charge in [0.1, 0.15) is 0 Å². The van der Waals surface area contributed by atoms with E-state index in [-0.39, 0.29) is 0 Å². The highest BCUT2D eigenvalue weighted by molar-refractivity contribution is 5.27. The van der Waals surface area contributed by atoms with Crippen LogP contribution < -0.4 is 5.32 Å². The highest BCUT2D eigenvalue weighted by Crippen LogP contribution is 1.85. The zero-order valence-electron chi connectivity index (χ0n) is 6.73. The van der Waals surface area contributed by atoms with Gasteiger partial charge in [0.2, 0.25) is 0 Å². The molecule has 2 nitrogen and oxygen atoms in total. The minimum Gasteiger partial charge on any atom is -0.393 e. The Balaban J connectivity index is 0. The Hall–Kier alpha value is -0.790. The average molecular weight is 128 g/mol. The Morgan fingerprint density at radius 2 is 2.00 bits per heavy atom. The maximum atomic E-state index is 3.63. The zero-order chi connectivity index (χ0) is 7.70. The van der Waals surface area contributed by atoms with Crippen LogP contribution >= 0.6 is 0 Å². The quantitative estimate of drug-likeness (QED) is 0.563. The van der Waals surface area contributed by atoms with Gasteiger partial charge in [0, 0.05) is 13.2 Å². The maximum Gasteiger partial charge on any atom is 0.0521 e. The van der Waals surface area contributed by atoms with Crippen molar-refractivity contribution < 1.29 is 0 Å². The lowest BCUT2D eigenvalue weighted by Gasteiger charge is -1.86. The van der Waals surface area contributed by atoms with Gasteiger partial charge in [0.15, 0.2) is 0 Å². The largest absolute Gasteiger partial charge is 0.393 e. The van der Waals surface area contributed by atoms with Gasteiger partial charge in [0.25, 0.3) is 0 Å². The van der Waals surface area contributed by atoms with Crippen molar-refractivity contribution >= 4 is 6.72 Å². The second-order valence-corrected chi connectivity index (χ2v) is 1.23. The van der Waals surface area contributed by atoms with Crippen molar-refractivity contribution in [1.82, 2.24) is 5.32 Å². The minimum atomic E-state index is 0.905. The molecule has 0 unspecified atom stereocenters. The molecule has 1 N–H and O–H groups in total. The van der Waals surface area contributed by atoms with Crippen molar-refractivity contribution in [3.05, 3.63) is 11.9 Å². The summed E-state index contributed by atoms with van der Waals surface area (Å²) in [5, 5.41) is 2.82. The van der Waals surface area contributed by atoms with Gasteiger partial charge < -0.3 is 5.32 Å². The van der Waals surface area contributed by atoms with E-state index < -0.39 is 0 Å². The van der Waals surface area contributed by atoms with Crippen molar-refractivity contribution in [3.8, 4) is 0 Å². The highest BCUT2D eigenvalue weighted by Gasteiger charge is 1.71. The van der Waals surface area contributed by atoms with Gasteiger partial charge in [-0.2, -0.15) is 0 Å². The fraction of sp³-hybridized carbons (Fsp3) is 0.571. The monoisotopic (exact) mass is 128 g/mol. The molecule has 0 amide bonds. The van der Waals surface area contributed by atoms with E-state index in [0.29, 0.717) is 0 Å². The topological polar surface area (TPSA) is 24.4 Å². The summed E-state index contributed by atoms with van der Waals surface area (Å²) in [5.74, 6) is 0. The van der Waals surface area contributed by atoms with E-state index in [1.807, 2.05) is 27.8 Å². The first-order valence-electron chi connectivity index (χ1n) is 3.12. The molecule has 0 saturated heterocycles. The molecule has 0 aliphatic carbocycles. The molecular weight excluding hydrogens is 112 g/mol. The number of nitrogens with zero attached hydrogens (tertiary/aromatic N) is 1. The first-order chi connectivity index (χ1) is 4.31. The van der Waals surface area contributed by atoms with Gasteiger partial charge >= 0.3 is 0 Å². The van der Waals surface area contributed by atoms with Crippen LogP contribution in [0.25, 0.3) is 0 Å². The number of allylic oxidation sites excluding steroid dienone is 1. The Bertz CT molecular complexity index is 84.9. The van der Waals surface area contributed by atoms with Crippen LogP contribution in [0.1, 0.15) is 20.8 Å². The number of aliphatic imine (C=N–C) groups is 1. The summed E-state index contributed by atoms with van der Waals surface area (Å²) >= 11 is 0. The summed E-state index contributed by atoms with van der Waals surface area (Å²) in [6, 6.07) is 0. The third-order valence-corrected chi connectivity index (χ3v) is 0.603. The zero-order valence-corrected chi connectivity index (χ0v) is 6.73. The molecule has 0 aromatic heterocycles. The predicted molar refractivity (Wildman–Crippen MR) is 43.7 cm³/mol. The van der Waals surface area contributed by atoms with Crippen molar-refractivity contribution in [3.63, 3.8) is 0 Å². The van der Waals surface area contributed by atoms with E-state index in [2.05, 4.69) is 17.0 Å². The molecule has 0 saturated carbocycles. The molecule has 2 heteroatoms. The van der Waals surface area contributed by atoms with Gasteiger partial charge in [-0.05, 0) is 13.6 Å². The Labute approximate surface area is 57.7 Å². The van der Waals surface area contributed by atoms with E-state index in [9.17, 15) is 0 Å². The molecule has 0 aliphatic rings. The van der Waals surface area contributed by atoms with Gasteiger partial charge in [0.05, 0.1) is 5.70 Å². The van der Waals surface area contributed by atoms with Gasteiger partial charge in [-0.1, -0.05) is 13.8 Å². The molecule has 0 heterocycles. The van der Waals surface area contributed by atoms with Crippen LogP contribution in [-0.4, -0.2) is 13.8 Å². The molecular formula is C7H16N2. The summed E-state index contributed by atoms with van der Waals surface area (Å²) in [4.78, 5) is 3.63. The van der Waals surface area contributed by atoms with Gasteiger partial charge in [-0.25, -0.2) is 0 Å². The number of hydrogen-bond donors (Lipinski definition) is 1. The van der Waals surface area contributed by atoms with E-state index in [1.54, 1.807) is 6.20 Å². The van der Waals surface area contributed by atoms with Crippen LogP contribution in [0.4, 0.5) is 0 Å². The summed E-state index contributed by atoms with van der Waals surface area (Å²) in [5.41, 5.74) is 0.905. The molecule has 0 spiro atoms. The standard InChI is InChI=1S/C5H10N2.C2H6/c1-5(7-3)4-6-2;1-2/h4,6H,3H2,1-2H3;1-2H3/b5-4-;. The van der Waals surface area contributed by atoms with E-state index in [4.69, 9.17) is 0 Å². The Kier molecular flexibility index (Phi) is 12.6. The van der Waals surface area contributed by atoms with Crippen molar-refractivity contribution in [1.29, 1.82) is 0 Å². The predicted octanol–water partition coefficient (Wildman–Crippen LogP) is 1.79. The lowest BCUT2D eigenvalue weighted by molar-refractivity contribution is 1.06. The summed E-state index contributed by atoms with van der Waals surface area (Å²) in [6.07, 6.45) is 1.78. The van der Waals surface area contributed by atoms with Crippen molar-refractivity contribution in [2.75, 3.05) is 7.05 Å². The molecule has 0 fully saturated rings. The van der Waals surface area contributed by atoms with Crippen molar-refractivity contribution in [2.24, 2.45) is 4.99 Å². The first-order valence-corrected chi connectivity index (χ1v) is 3.12. The number of nitrogens with one attached hydrogen (secondary N) is 1. The van der Waals surface area contributed by atoms with Crippen LogP contribution in [0.3, 0.4) is 0 Å². The molecule has 54 valence electrons. The third kappa shape index (κ3) is 11.0. The number of rotatable bonds is 2. The van der Waals surface area contributed by atoms with Crippen LogP contribution in [0.2, 0.25) is 0 Å². The smallest absolute Gasteiger partial charge is 0.0521 e. The maximum absolute atomic E-state index is 3.63. The second kappa shape index (κ2) is 10.2. The first kappa shape index (κ1) is 11.1. The summed E-state index contributed by atoms with van der Waals surface area (Å²) in [6.45, 7) is 9.20. The van der Waals surface area contributed by atoms with Crippen LogP contribution in [-0.2, 0) is 0 Å². The van der Waals surface area contributed by atoms with Crippen LogP contribution in [0, 0.1) is 0 Å². The molecule has 9 heavy (non-hydrogen) atoms. The molecule has 0 radical (unpaired) electrons. The molecule has 0 atom stereocenters. The SMILES string of the molecule is C=N/C(C)=C\NC.CC. The summed E-state index contributed by atoms with van der Waals surface area (Å²) < 4.78 is 0. The minimum absolute atomic E-state index is 0.905. The van der Waals surface area contributed by atoms with E-state index in [0.717, 1.165) is 5.70 Å². The van der Waals surface area contributed by atoms with Crippen LogP contribution in [0.5, 0.6) is 0 Å². The Morgan fingerprint density at radius 3 is 2.11 bits per heavy atom. The van der Waals surface area contributed by atoms with Crippen molar-refractivity contribution in [2.45, 2.75) is 20.8 Å². The lowest BCUT2D eigenvalue weighted by atomic mass is 10.6. The van der Waals surface area contributed by atoms with Gasteiger partial charge in [-0.15, -0.1) is 0 Å². The fourth-order valence-electron chi connectivity index (χ4n) is 0.255. The average Bonchev–Trinajstić information content (AvgIpc) is 1.93. The fourth-order valence-corrected chi connectivity index (χ4v) is 0.255. The third-order valence-electron chi connectivity index (χ3n) is 0.603. The lowest BCUT2D eigenvalue weighted by Crippen LogP contribution is -1.92. The highest BCUT2D eigenvalue weighted by atomic mass is 14.8. The van der Waals surface area contributed by atoms with Gasteiger partial charge in [-0.3, -0.25) is 4.99 Å². The normalized spacial score (nSPS) is 9.11. The molecule has 0 aromatic carbocycles. The second-order valence-electron chi connectivity index (χ2n) is 1.23. The molecule has 0 aromatic rings. The van der Waals surface area contributed by atoms with Crippen LogP contribution in [0.15, 0.2) is 16.9 Å². The van der Waals surface area contributed by atoms with E-state index >= 15 is 0 Å². The number of hydrogen-bond acceptors (Lipinski definition) is 2. The molecule has 0 rings (SSSR count). The van der Waals surface area contributed by atoms with E-state index in [1.165, 1.54) is 0 Å². The molecule has 0 bridgehead atoms.